The van der Waals surface area contributed by atoms with Crippen LogP contribution in [0.2, 0.25) is 0 Å². The van der Waals surface area contributed by atoms with Crippen LogP contribution >= 0.6 is 0 Å². The van der Waals surface area contributed by atoms with Crippen LogP contribution in [0.3, 0.4) is 0 Å². The highest BCUT2D eigenvalue weighted by Gasteiger charge is 2.47. The molecule has 0 spiro atoms. The van der Waals surface area contributed by atoms with Gasteiger partial charge < -0.3 is 9.47 Å². The summed E-state index contributed by atoms with van der Waals surface area (Å²) >= 11 is 0. The Morgan fingerprint density at radius 1 is 0.846 bits per heavy atom. The van der Waals surface area contributed by atoms with Gasteiger partial charge in [-0.05, 0) is 62.3 Å². The fourth-order valence-corrected chi connectivity index (χ4v) is 5.30. The lowest BCUT2D eigenvalue weighted by atomic mass is 9.78. The molecule has 1 aliphatic carbocycles. The predicted octanol–water partition coefficient (Wildman–Crippen LogP) is 9.44. The molecule has 0 saturated carbocycles. The van der Waals surface area contributed by atoms with Gasteiger partial charge in [0.2, 0.25) is 5.95 Å². The number of nitrogens with zero attached hydrogens (tertiary/aromatic N) is 2. The molecule has 3 rings (SSSR count). The first-order valence-electron chi connectivity index (χ1n) is 15.2. The lowest BCUT2D eigenvalue weighted by Gasteiger charge is -2.33. The van der Waals surface area contributed by atoms with Crippen LogP contribution < -0.4 is 4.74 Å². The van der Waals surface area contributed by atoms with Gasteiger partial charge in [0.1, 0.15) is 5.75 Å². The van der Waals surface area contributed by atoms with Crippen molar-refractivity contribution >= 4 is 0 Å². The number of fused-ring (bicyclic) bond motifs is 1. The number of unbranched alkanes of at least 4 members (excludes halogenated alkanes) is 9. The average molecular weight is 549 g/mol. The number of hydrogen-bond donors (Lipinski definition) is 0. The molecule has 0 bridgehead atoms. The zero-order valence-electron chi connectivity index (χ0n) is 24.0. The third kappa shape index (κ3) is 9.77. The summed E-state index contributed by atoms with van der Waals surface area (Å²) in [4.78, 5) is 8.28. The van der Waals surface area contributed by atoms with Gasteiger partial charge in [-0.15, -0.1) is 0 Å². The summed E-state index contributed by atoms with van der Waals surface area (Å²) in [5.41, 5.74) is 0.540. The fraction of sp³-hybridized carbons (Fsp3) is 0.688. The number of halogens is 3. The van der Waals surface area contributed by atoms with Crippen molar-refractivity contribution in [3.05, 3.63) is 41.5 Å². The minimum Gasteiger partial charge on any atom is -0.492 e. The summed E-state index contributed by atoms with van der Waals surface area (Å²) in [7, 11) is 0. The van der Waals surface area contributed by atoms with Gasteiger partial charge in [0.15, 0.2) is 0 Å². The van der Waals surface area contributed by atoms with E-state index in [0.29, 0.717) is 55.9 Å². The first kappa shape index (κ1) is 31.4. The second kappa shape index (κ2) is 16.8. The Kier molecular flexibility index (Phi) is 13.5. The van der Waals surface area contributed by atoms with Crippen molar-refractivity contribution in [3.63, 3.8) is 0 Å². The van der Waals surface area contributed by atoms with E-state index >= 15 is 13.2 Å². The Balaban J connectivity index is 1.49. The summed E-state index contributed by atoms with van der Waals surface area (Å²) in [6.07, 6.45) is 15.7. The fourth-order valence-electron chi connectivity index (χ4n) is 5.30. The zero-order valence-corrected chi connectivity index (χ0v) is 24.0. The van der Waals surface area contributed by atoms with Gasteiger partial charge in [0.05, 0.1) is 29.8 Å². The standard InChI is InChI=1S/C32H47F3N2O2/c1-3-5-7-8-9-14-22-39-27-18-19-28(36-24-27)29-23-25-16-17-26(32(34,35)30(25)31(33)37-29)15-11-10-13-21-38-20-12-6-4-2/h18-19,23-24,26H,3-17,20-22H2,1-2H3. The maximum absolute atomic E-state index is 15.4. The molecule has 4 nitrogen and oxygen atoms in total. The van der Waals surface area contributed by atoms with Gasteiger partial charge in [-0.25, -0.2) is 13.8 Å². The Bertz CT molecular complexity index is 969. The molecule has 218 valence electrons. The number of rotatable bonds is 19. The zero-order chi connectivity index (χ0) is 27.9. The van der Waals surface area contributed by atoms with Crippen LogP contribution in [-0.4, -0.2) is 29.8 Å². The third-order valence-electron chi connectivity index (χ3n) is 7.66. The molecule has 1 atom stereocenters. The van der Waals surface area contributed by atoms with Gasteiger partial charge in [0, 0.05) is 19.1 Å². The molecule has 2 aromatic rings. The van der Waals surface area contributed by atoms with E-state index in [1.54, 1.807) is 24.4 Å². The normalized spacial score (nSPS) is 16.3. The number of alkyl halides is 2. The van der Waals surface area contributed by atoms with Crippen molar-refractivity contribution in [3.8, 4) is 17.1 Å². The smallest absolute Gasteiger partial charge is 0.280 e. The molecule has 39 heavy (non-hydrogen) atoms. The molecule has 0 radical (unpaired) electrons. The van der Waals surface area contributed by atoms with E-state index in [2.05, 4.69) is 23.8 Å². The Morgan fingerprint density at radius 3 is 2.26 bits per heavy atom. The van der Waals surface area contributed by atoms with E-state index < -0.39 is 23.4 Å². The van der Waals surface area contributed by atoms with E-state index in [4.69, 9.17) is 9.47 Å². The lowest BCUT2D eigenvalue weighted by molar-refractivity contribution is -0.0825. The molecule has 0 aromatic carbocycles. The van der Waals surface area contributed by atoms with Gasteiger partial charge in [-0.2, -0.15) is 4.39 Å². The van der Waals surface area contributed by atoms with E-state index in [1.807, 2.05) is 0 Å². The van der Waals surface area contributed by atoms with Crippen LogP contribution in [0.15, 0.2) is 24.4 Å². The van der Waals surface area contributed by atoms with Gasteiger partial charge in [-0.3, -0.25) is 4.98 Å². The second-order valence-electron chi connectivity index (χ2n) is 10.9. The molecule has 0 amide bonds. The Hall–Kier alpha value is -2.15. The van der Waals surface area contributed by atoms with Crippen LogP contribution in [0.4, 0.5) is 13.2 Å². The number of aromatic nitrogens is 2. The Morgan fingerprint density at radius 2 is 1.51 bits per heavy atom. The van der Waals surface area contributed by atoms with Gasteiger partial charge in [-0.1, -0.05) is 71.6 Å². The summed E-state index contributed by atoms with van der Waals surface area (Å²) in [5, 5.41) is 0. The maximum atomic E-state index is 15.4. The molecule has 0 N–H and O–H groups in total. The van der Waals surface area contributed by atoms with Crippen molar-refractivity contribution in [2.24, 2.45) is 5.92 Å². The summed E-state index contributed by atoms with van der Waals surface area (Å²) < 4.78 is 57.1. The number of aryl methyl sites for hydroxylation is 1. The van der Waals surface area contributed by atoms with Crippen molar-refractivity contribution in [1.82, 2.24) is 9.97 Å². The molecule has 2 aromatic heterocycles. The van der Waals surface area contributed by atoms with Crippen LogP contribution in [-0.2, 0) is 17.1 Å². The summed E-state index contributed by atoms with van der Waals surface area (Å²) in [6.45, 7) is 6.43. The highest BCUT2D eigenvalue weighted by Crippen LogP contribution is 2.47. The molecule has 0 fully saturated rings. The van der Waals surface area contributed by atoms with Crippen LogP contribution in [0, 0.1) is 11.9 Å². The minimum atomic E-state index is -3.22. The first-order valence-corrected chi connectivity index (χ1v) is 15.2. The van der Waals surface area contributed by atoms with E-state index in [9.17, 15) is 0 Å². The maximum Gasteiger partial charge on any atom is 0.280 e. The largest absolute Gasteiger partial charge is 0.492 e. The van der Waals surface area contributed by atoms with E-state index in [-0.39, 0.29) is 5.69 Å². The summed E-state index contributed by atoms with van der Waals surface area (Å²) in [5.74, 6) is -4.52. The molecule has 7 heteroatoms. The topological polar surface area (TPSA) is 44.2 Å². The molecule has 1 unspecified atom stereocenters. The van der Waals surface area contributed by atoms with Gasteiger partial charge >= 0.3 is 0 Å². The third-order valence-corrected chi connectivity index (χ3v) is 7.66. The van der Waals surface area contributed by atoms with Crippen LogP contribution in [0.25, 0.3) is 11.4 Å². The quantitative estimate of drug-likeness (QED) is 0.130. The van der Waals surface area contributed by atoms with Gasteiger partial charge in [0.25, 0.3) is 5.92 Å². The SMILES string of the molecule is CCCCCCCCOc1ccc(-c2cc3c(c(F)n2)C(F)(F)C(CCCCCOCCCCC)CC3)nc1. The Labute approximate surface area is 233 Å². The lowest BCUT2D eigenvalue weighted by Crippen LogP contribution is -2.33. The van der Waals surface area contributed by atoms with Crippen LogP contribution in [0.5, 0.6) is 5.75 Å². The molecular weight excluding hydrogens is 501 g/mol. The predicted molar refractivity (Wildman–Crippen MR) is 151 cm³/mol. The number of hydrogen-bond acceptors (Lipinski definition) is 4. The van der Waals surface area contributed by atoms with E-state index in [0.717, 1.165) is 38.7 Å². The monoisotopic (exact) mass is 548 g/mol. The minimum absolute atomic E-state index is 0.280. The molecule has 0 saturated heterocycles. The van der Waals surface area contributed by atoms with Crippen LogP contribution in [0.1, 0.15) is 115 Å². The van der Waals surface area contributed by atoms with E-state index in [1.165, 1.54) is 38.5 Å². The molecular formula is C32H47F3N2O2. The highest BCUT2D eigenvalue weighted by atomic mass is 19.3. The summed E-state index contributed by atoms with van der Waals surface area (Å²) in [6, 6.07) is 5.07. The van der Waals surface area contributed by atoms with Crippen molar-refractivity contribution in [2.75, 3.05) is 19.8 Å². The van der Waals surface area contributed by atoms with Crippen molar-refractivity contribution in [1.29, 1.82) is 0 Å². The molecule has 0 aliphatic heterocycles. The van der Waals surface area contributed by atoms with Crippen molar-refractivity contribution < 1.29 is 22.6 Å². The second-order valence-corrected chi connectivity index (χ2v) is 10.9. The molecule has 1 aliphatic rings. The number of ether oxygens (including phenoxy) is 2. The first-order chi connectivity index (χ1) is 19.0. The molecule has 2 heterocycles. The highest BCUT2D eigenvalue weighted by molar-refractivity contribution is 5.57. The van der Waals surface area contributed by atoms with Crippen molar-refractivity contribution in [2.45, 2.75) is 116 Å². The average Bonchev–Trinajstić information content (AvgIpc) is 2.92. The number of pyridine rings is 2.